The predicted octanol–water partition coefficient (Wildman–Crippen LogP) is 4.17. The van der Waals surface area contributed by atoms with Gasteiger partial charge in [0.25, 0.3) is 5.91 Å². The van der Waals surface area contributed by atoms with Gasteiger partial charge in [-0.3, -0.25) is 4.79 Å². The van der Waals surface area contributed by atoms with Crippen molar-refractivity contribution in [1.82, 2.24) is 14.9 Å². The molecule has 6 heteroatoms. The molecule has 0 saturated carbocycles. The first-order valence-electron chi connectivity index (χ1n) is 9.48. The van der Waals surface area contributed by atoms with Crippen LogP contribution in [0.5, 0.6) is 5.75 Å². The summed E-state index contributed by atoms with van der Waals surface area (Å²) in [6, 6.07) is 11.5. The van der Waals surface area contributed by atoms with E-state index in [-0.39, 0.29) is 17.9 Å². The molecule has 3 aromatic rings. The Morgan fingerprint density at radius 2 is 1.96 bits per heavy atom. The number of benzene rings is 1. The van der Waals surface area contributed by atoms with Crippen LogP contribution in [-0.4, -0.2) is 22.0 Å². The number of aromatic nitrogens is 2. The van der Waals surface area contributed by atoms with Crippen molar-refractivity contribution in [1.29, 1.82) is 0 Å². The van der Waals surface area contributed by atoms with Crippen LogP contribution in [0.3, 0.4) is 0 Å². The summed E-state index contributed by atoms with van der Waals surface area (Å²) in [6.07, 6.45) is 6.22. The molecule has 0 aliphatic rings. The minimum Gasteiger partial charge on any atom is -0.486 e. The van der Waals surface area contributed by atoms with Gasteiger partial charge in [0.15, 0.2) is 5.76 Å². The second-order valence-electron chi connectivity index (χ2n) is 7.74. The Balaban J connectivity index is 1.43. The van der Waals surface area contributed by atoms with Gasteiger partial charge in [-0.05, 0) is 41.7 Å². The van der Waals surface area contributed by atoms with Crippen molar-refractivity contribution >= 4 is 5.91 Å². The molecule has 0 spiro atoms. The minimum absolute atomic E-state index is 0.112. The Hall–Kier alpha value is -3.02. The van der Waals surface area contributed by atoms with Crippen LogP contribution in [-0.2, 0) is 18.6 Å². The molecule has 3 rings (SSSR count). The lowest BCUT2D eigenvalue weighted by Gasteiger charge is -2.19. The third-order valence-electron chi connectivity index (χ3n) is 4.42. The lowest BCUT2D eigenvalue weighted by molar-refractivity contribution is 0.0921. The third-order valence-corrected chi connectivity index (χ3v) is 4.42. The normalized spacial score (nSPS) is 11.4. The first kappa shape index (κ1) is 19.7. The number of hydrogen-bond acceptors (Lipinski definition) is 4. The maximum atomic E-state index is 12.2. The van der Waals surface area contributed by atoms with Gasteiger partial charge in [-0.1, -0.05) is 32.9 Å². The maximum Gasteiger partial charge on any atom is 0.286 e. The Morgan fingerprint density at radius 3 is 2.64 bits per heavy atom. The monoisotopic (exact) mass is 381 g/mol. The van der Waals surface area contributed by atoms with Crippen LogP contribution in [0.1, 0.15) is 49.1 Å². The molecule has 6 nitrogen and oxygen atoms in total. The van der Waals surface area contributed by atoms with Crippen molar-refractivity contribution in [2.75, 3.05) is 6.54 Å². The number of carbonyl (C=O) groups excluding carboxylic acids is 1. The molecule has 2 heterocycles. The molecule has 28 heavy (non-hydrogen) atoms. The summed E-state index contributed by atoms with van der Waals surface area (Å²) in [7, 11) is 0. The molecular formula is C22H27N3O3. The lowest BCUT2D eigenvalue weighted by atomic mass is 9.87. The van der Waals surface area contributed by atoms with Crippen molar-refractivity contribution in [3.8, 4) is 5.75 Å². The fourth-order valence-corrected chi connectivity index (χ4v) is 2.75. The summed E-state index contributed by atoms with van der Waals surface area (Å²) in [6.45, 7) is 8.19. The fourth-order valence-electron chi connectivity index (χ4n) is 2.75. The minimum atomic E-state index is -0.216. The summed E-state index contributed by atoms with van der Waals surface area (Å²) in [5.41, 5.74) is 1.37. The van der Waals surface area contributed by atoms with E-state index in [1.54, 1.807) is 24.7 Å². The Labute approximate surface area is 165 Å². The maximum absolute atomic E-state index is 12.2. The first-order chi connectivity index (χ1) is 13.4. The highest BCUT2D eigenvalue weighted by atomic mass is 16.5. The molecule has 0 atom stereocenters. The highest BCUT2D eigenvalue weighted by Gasteiger charge is 2.14. The van der Waals surface area contributed by atoms with E-state index in [2.05, 4.69) is 43.2 Å². The molecule has 0 aliphatic heterocycles. The summed E-state index contributed by atoms with van der Waals surface area (Å²) in [5.74, 6) is 1.47. The quantitative estimate of drug-likeness (QED) is 0.595. The van der Waals surface area contributed by atoms with Crippen LogP contribution in [0.15, 0.2) is 59.5 Å². The number of nitrogens with one attached hydrogen (secondary N) is 1. The molecule has 0 aliphatic carbocycles. The van der Waals surface area contributed by atoms with Gasteiger partial charge in [0.05, 0.1) is 6.33 Å². The Kier molecular flexibility index (Phi) is 6.19. The first-order valence-corrected chi connectivity index (χ1v) is 9.48. The van der Waals surface area contributed by atoms with Gasteiger partial charge in [0.1, 0.15) is 18.1 Å². The smallest absolute Gasteiger partial charge is 0.286 e. The van der Waals surface area contributed by atoms with E-state index in [0.29, 0.717) is 18.1 Å². The number of ether oxygens (including phenoxy) is 1. The van der Waals surface area contributed by atoms with Crippen LogP contribution in [0.4, 0.5) is 0 Å². The Bertz CT molecular complexity index is 875. The number of furan rings is 1. The number of aryl methyl sites for hydroxylation is 1. The van der Waals surface area contributed by atoms with Crippen molar-refractivity contribution in [3.05, 3.63) is 72.2 Å². The van der Waals surface area contributed by atoms with E-state index in [1.807, 2.05) is 22.9 Å². The average molecular weight is 381 g/mol. The van der Waals surface area contributed by atoms with Gasteiger partial charge in [-0.25, -0.2) is 4.98 Å². The molecule has 2 aromatic heterocycles. The van der Waals surface area contributed by atoms with Gasteiger partial charge in [-0.15, -0.1) is 0 Å². The van der Waals surface area contributed by atoms with Crippen LogP contribution in [0.2, 0.25) is 0 Å². The van der Waals surface area contributed by atoms with Crippen molar-refractivity contribution < 1.29 is 13.9 Å². The third kappa shape index (κ3) is 5.49. The van der Waals surface area contributed by atoms with Crippen molar-refractivity contribution in [2.45, 2.75) is 45.8 Å². The number of nitrogens with zero attached hydrogens (tertiary/aromatic N) is 2. The van der Waals surface area contributed by atoms with Gasteiger partial charge < -0.3 is 19.0 Å². The molecule has 0 bridgehead atoms. The average Bonchev–Trinajstić information content (AvgIpc) is 3.35. The molecule has 148 valence electrons. The van der Waals surface area contributed by atoms with Gasteiger partial charge in [0, 0.05) is 25.5 Å². The van der Waals surface area contributed by atoms with Crippen molar-refractivity contribution in [2.24, 2.45) is 0 Å². The predicted molar refractivity (Wildman–Crippen MR) is 107 cm³/mol. The number of carbonyl (C=O) groups is 1. The van der Waals surface area contributed by atoms with E-state index >= 15 is 0 Å². The molecule has 1 aromatic carbocycles. The second kappa shape index (κ2) is 8.78. The van der Waals surface area contributed by atoms with Crippen LogP contribution in [0, 0.1) is 0 Å². The summed E-state index contributed by atoms with van der Waals surface area (Å²) >= 11 is 0. The van der Waals surface area contributed by atoms with E-state index in [1.165, 1.54) is 5.56 Å². The molecule has 0 fully saturated rings. The van der Waals surface area contributed by atoms with E-state index < -0.39 is 0 Å². The number of hydrogen-bond donors (Lipinski definition) is 1. The largest absolute Gasteiger partial charge is 0.486 e. The number of imidazole rings is 1. The molecule has 0 radical (unpaired) electrons. The fraction of sp³-hybridized carbons (Fsp3) is 0.364. The highest BCUT2D eigenvalue weighted by Crippen LogP contribution is 2.24. The summed E-state index contributed by atoms with van der Waals surface area (Å²) < 4.78 is 13.3. The molecule has 1 amide bonds. The molecule has 0 saturated heterocycles. The van der Waals surface area contributed by atoms with Crippen molar-refractivity contribution in [3.63, 3.8) is 0 Å². The zero-order chi connectivity index (χ0) is 20.0. The Morgan fingerprint density at radius 1 is 1.18 bits per heavy atom. The number of amides is 1. The summed E-state index contributed by atoms with van der Waals surface area (Å²) in [5, 5.41) is 2.86. The topological polar surface area (TPSA) is 69.3 Å². The van der Waals surface area contributed by atoms with Gasteiger partial charge >= 0.3 is 0 Å². The summed E-state index contributed by atoms with van der Waals surface area (Å²) in [4.78, 5) is 16.1. The SMILES string of the molecule is CC(C)(C)c1ccc(OCc2ccc(C(=O)NCCCn3ccnc3)o2)cc1. The van der Waals surface area contributed by atoms with Crippen LogP contribution < -0.4 is 10.1 Å². The molecule has 1 N–H and O–H groups in total. The lowest BCUT2D eigenvalue weighted by Crippen LogP contribution is -2.24. The standard InChI is InChI=1S/C22H27N3O3/c1-22(2,3)17-5-7-18(8-6-17)27-15-19-9-10-20(28-19)21(26)24-11-4-13-25-14-12-23-16-25/h5-10,12,14,16H,4,11,13,15H2,1-3H3,(H,24,26). The molecular weight excluding hydrogens is 354 g/mol. The van der Waals surface area contributed by atoms with E-state index in [9.17, 15) is 4.79 Å². The molecule has 0 unspecified atom stereocenters. The van der Waals surface area contributed by atoms with Gasteiger partial charge in [0.2, 0.25) is 0 Å². The zero-order valence-corrected chi connectivity index (χ0v) is 16.6. The van der Waals surface area contributed by atoms with E-state index in [4.69, 9.17) is 9.15 Å². The number of rotatable bonds is 8. The van der Waals surface area contributed by atoms with Gasteiger partial charge in [-0.2, -0.15) is 0 Å². The second-order valence-corrected chi connectivity index (χ2v) is 7.74. The van der Waals surface area contributed by atoms with Crippen LogP contribution in [0.25, 0.3) is 0 Å². The van der Waals surface area contributed by atoms with Crippen LogP contribution >= 0.6 is 0 Å². The van der Waals surface area contributed by atoms with E-state index in [0.717, 1.165) is 18.7 Å². The zero-order valence-electron chi connectivity index (χ0n) is 16.6. The highest BCUT2D eigenvalue weighted by molar-refractivity contribution is 5.91.